The van der Waals surface area contributed by atoms with Gasteiger partial charge in [0.15, 0.2) is 0 Å². The molecule has 7 nitrogen and oxygen atoms in total. The van der Waals surface area contributed by atoms with Gasteiger partial charge in [0.05, 0.1) is 36.3 Å². The molecule has 35 heavy (non-hydrogen) atoms. The monoisotopic (exact) mass is 473 g/mol. The van der Waals surface area contributed by atoms with Crippen LogP contribution in [0.3, 0.4) is 0 Å². The quantitative estimate of drug-likeness (QED) is 0.416. The van der Waals surface area contributed by atoms with Crippen LogP contribution in [0.4, 0.5) is 9.18 Å². The molecule has 0 radical (unpaired) electrons. The van der Waals surface area contributed by atoms with Crippen LogP contribution < -0.4 is 5.32 Å². The van der Waals surface area contributed by atoms with Crippen LogP contribution in [0, 0.1) is 5.82 Å². The summed E-state index contributed by atoms with van der Waals surface area (Å²) in [4.78, 5) is 15.3. The zero-order chi connectivity index (χ0) is 24.4. The lowest BCUT2D eigenvalue weighted by Crippen LogP contribution is -2.43. The Morgan fingerprint density at radius 3 is 2.60 bits per heavy atom. The lowest BCUT2D eigenvalue weighted by atomic mass is 10.0. The number of carbonyl (C=O) groups excluding carboxylic acids is 1. The van der Waals surface area contributed by atoms with Crippen molar-refractivity contribution in [1.82, 2.24) is 24.6 Å². The Labute approximate surface area is 203 Å². The fourth-order valence-corrected chi connectivity index (χ4v) is 4.71. The van der Waals surface area contributed by atoms with E-state index in [0.717, 1.165) is 40.4 Å². The second-order valence-corrected chi connectivity index (χ2v) is 8.46. The minimum atomic E-state index is -0.422. The van der Waals surface area contributed by atoms with Crippen LogP contribution in [-0.4, -0.2) is 45.5 Å². The first-order valence-corrected chi connectivity index (χ1v) is 11.7. The fourth-order valence-electron chi connectivity index (χ4n) is 4.71. The summed E-state index contributed by atoms with van der Waals surface area (Å²) in [7, 11) is 1.60. The van der Waals surface area contributed by atoms with Crippen LogP contribution in [-0.2, 0) is 17.7 Å². The highest BCUT2D eigenvalue weighted by atomic mass is 19.1. The van der Waals surface area contributed by atoms with Crippen molar-refractivity contribution in [3.63, 3.8) is 0 Å². The van der Waals surface area contributed by atoms with Crippen molar-refractivity contribution in [1.29, 1.82) is 0 Å². The Balaban J connectivity index is 1.71. The zero-order valence-electron chi connectivity index (χ0n) is 19.8. The highest BCUT2D eigenvalue weighted by Gasteiger charge is 2.36. The number of hydrogen-bond acceptors (Lipinski definition) is 3. The summed E-state index contributed by atoms with van der Waals surface area (Å²) in [5, 5.41) is 7.92. The number of nitrogens with one attached hydrogen (secondary N) is 1. The molecule has 2 aromatic carbocycles. The van der Waals surface area contributed by atoms with Crippen LogP contribution in [0.15, 0.2) is 72.9 Å². The number of methoxy groups -OCH3 is 1. The van der Waals surface area contributed by atoms with Crippen molar-refractivity contribution in [2.24, 2.45) is 0 Å². The summed E-state index contributed by atoms with van der Waals surface area (Å²) < 4.78 is 23.0. The van der Waals surface area contributed by atoms with Crippen molar-refractivity contribution >= 4 is 6.03 Å². The van der Waals surface area contributed by atoms with E-state index >= 15 is 0 Å². The van der Waals surface area contributed by atoms with Gasteiger partial charge in [-0.05, 0) is 48.4 Å². The van der Waals surface area contributed by atoms with E-state index in [4.69, 9.17) is 9.84 Å². The molecule has 0 fully saturated rings. The standard InChI is InChI=1S/C27H28FN5O2/c1-3-23-22-18-32(27(34)29-15-17-35-2)25(19-11-13-20(28)14-12-19)24-10-7-16-31(24)26(22)33(30-23)21-8-5-4-6-9-21/h4-14,16,25H,3,15,17-18H2,1-2H3,(H,29,34). The van der Waals surface area contributed by atoms with Gasteiger partial charge in [0.2, 0.25) is 0 Å². The van der Waals surface area contributed by atoms with Gasteiger partial charge < -0.3 is 19.5 Å². The molecule has 180 valence electrons. The van der Waals surface area contributed by atoms with Crippen molar-refractivity contribution in [3.8, 4) is 11.5 Å². The third kappa shape index (κ3) is 4.21. The molecule has 0 saturated heterocycles. The molecule has 2 aromatic heterocycles. The molecule has 0 aliphatic carbocycles. The molecule has 4 aromatic rings. The van der Waals surface area contributed by atoms with Crippen LogP contribution >= 0.6 is 0 Å². The molecule has 2 amide bonds. The third-order valence-corrected chi connectivity index (χ3v) is 6.33. The van der Waals surface area contributed by atoms with E-state index in [1.807, 2.05) is 53.3 Å². The zero-order valence-corrected chi connectivity index (χ0v) is 19.8. The van der Waals surface area contributed by atoms with Gasteiger partial charge in [-0.15, -0.1) is 0 Å². The summed E-state index contributed by atoms with van der Waals surface area (Å²) >= 11 is 0. The number of rotatable bonds is 6. The predicted octanol–water partition coefficient (Wildman–Crippen LogP) is 4.63. The molecule has 0 bridgehead atoms. The van der Waals surface area contributed by atoms with Crippen molar-refractivity contribution < 1.29 is 13.9 Å². The summed E-state index contributed by atoms with van der Waals surface area (Å²) in [5.41, 5.74) is 4.59. The Hall–Kier alpha value is -3.91. The minimum absolute atomic E-state index is 0.216. The summed E-state index contributed by atoms with van der Waals surface area (Å²) in [6.07, 6.45) is 2.72. The number of para-hydroxylation sites is 1. The van der Waals surface area contributed by atoms with E-state index in [-0.39, 0.29) is 11.8 Å². The van der Waals surface area contributed by atoms with E-state index in [9.17, 15) is 9.18 Å². The second-order valence-electron chi connectivity index (χ2n) is 8.46. The number of hydrogen-bond donors (Lipinski definition) is 1. The van der Waals surface area contributed by atoms with Crippen molar-refractivity contribution in [2.45, 2.75) is 25.9 Å². The lowest BCUT2D eigenvalue weighted by Gasteiger charge is -2.31. The number of aryl methyl sites for hydroxylation is 1. The maximum atomic E-state index is 13.8. The van der Waals surface area contributed by atoms with Gasteiger partial charge in [0.1, 0.15) is 11.6 Å². The number of carbonyl (C=O) groups is 1. The average molecular weight is 474 g/mol. The Morgan fingerprint density at radius 1 is 1.11 bits per heavy atom. The Kier molecular flexibility index (Phi) is 6.37. The van der Waals surface area contributed by atoms with Gasteiger partial charge in [-0.1, -0.05) is 37.3 Å². The maximum absolute atomic E-state index is 13.8. The number of nitrogens with zero attached hydrogens (tertiary/aromatic N) is 4. The molecule has 1 N–H and O–H groups in total. The van der Waals surface area contributed by atoms with Gasteiger partial charge in [-0.2, -0.15) is 5.10 Å². The van der Waals surface area contributed by atoms with Gasteiger partial charge in [-0.3, -0.25) is 0 Å². The first kappa shape index (κ1) is 22.9. The summed E-state index contributed by atoms with van der Waals surface area (Å²) in [6.45, 7) is 3.22. The molecule has 5 rings (SSSR count). The number of halogens is 1. The second kappa shape index (κ2) is 9.76. The van der Waals surface area contributed by atoms with Gasteiger partial charge in [0.25, 0.3) is 0 Å². The van der Waals surface area contributed by atoms with Crippen molar-refractivity contribution in [2.75, 3.05) is 20.3 Å². The molecule has 8 heteroatoms. The lowest BCUT2D eigenvalue weighted by molar-refractivity contribution is 0.168. The van der Waals surface area contributed by atoms with Crippen LogP contribution in [0.2, 0.25) is 0 Å². The summed E-state index contributed by atoms with van der Waals surface area (Å²) in [6, 6.07) is 19.7. The SMILES string of the molecule is CCc1nn(-c2ccccc2)c2c1CN(C(=O)NCCOC)C(c1ccc(F)cc1)c1cccn1-2. The summed E-state index contributed by atoms with van der Waals surface area (Å²) in [5.74, 6) is 0.595. The predicted molar refractivity (Wildman–Crippen MR) is 131 cm³/mol. The number of amides is 2. The number of fused-ring (bicyclic) bond motifs is 3. The molecular weight excluding hydrogens is 445 g/mol. The molecule has 1 unspecified atom stereocenters. The first-order chi connectivity index (χ1) is 17.1. The van der Waals surface area contributed by atoms with E-state index < -0.39 is 6.04 Å². The van der Waals surface area contributed by atoms with E-state index in [2.05, 4.69) is 16.8 Å². The first-order valence-electron chi connectivity index (χ1n) is 11.7. The molecule has 1 aliphatic heterocycles. The van der Waals surface area contributed by atoms with E-state index in [1.54, 1.807) is 24.1 Å². The fraction of sp³-hybridized carbons (Fsp3) is 0.259. The van der Waals surface area contributed by atoms with Gasteiger partial charge >= 0.3 is 6.03 Å². The molecule has 0 saturated carbocycles. The number of aromatic nitrogens is 3. The van der Waals surface area contributed by atoms with Crippen LogP contribution in [0.25, 0.3) is 11.5 Å². The smallest absolute Gasteiger partial charge is 0.318 e. The largest absolute Gasteiger partial charge is 0.383 e. The molecule has 1 aliphatic rings. The van der Waals surface area contributed by atoms with Crippen molar-refractivity contribution in [3.05, 3.63) is 101 Å². The molecular formula is C27H28FN5O2. The van der Waals surface area contributed by atoms with E-state index in [0.29, 0.717) is 19.7 Å². The molecule has 0 spiro atoms. The van der Waals surface area contributed by atoms with Gasteiger partial charge in [-0.25, -0.2) is 13.9 Å². The molecule has 1 atom stereocenters. The van der Waals surface area contributed by atoms with Gasteiger partial charge in [0, 0.05) is 25.4 Å². The Bertz CT molecular complexity index is 1310. The van der Waals surface area contributed by atoms with E-state index in [1.165, 1.54) is 12.1 Å². The molecule has 3 heterocycles. The normalized spacial score (nSPS) is 14.8. The minimum Gasteiger partial charge on any atom is -0.383 e. The van der Waals surface area contributed by atoms with Crippen LogP contribution in [0.5, 0.6) is 0 Å². The highest BCUT2D eigenvalue weighted by molar-refractivity contribution is 5.76. The average Bonchev–Trinajstić information content (AvgIpc) is 3.46. The number of benzene rings is 2. The van der Waals surface area contributed by atoms with Crippen LogP contribution in [0.1, 0.15) is 35.5 Å². The Morgan fingerprint density at radius 2 is 1.89 bits per heavy atom. The number of urea groups is 1. The third-order valence-electron chi connectivity index (χ3n) is 6.33. The maximum Gasteiger partial charge on any atom is 0.318 e. The topological polar surface area (TPSA) is 64.3 Å². The number of ether oxygens (including phenoxy) is 1. The highest BCUT2D eigenvalue weighted by Crippen LogP contribution is 2.38.